The van der Waals surface area contributed by atoms with Gasteiger partial charge in [-0.25, -0.2) is 9.97 Å². The average Bonchev–Trinajstić information content (AvgIpc) is 2.67. The number of hydrogen-bond acceptors (Lipinski definition) is 3. The number of hydrogen-bond donors (Lipinski definition) is 0. The Bertz CT molecular complexity index is 376. The molecular weight excluding hydrogens is 236 g/mol. The number of rotatable bonds is 4. The SMILES string of the molecule is CC(C)Cc1cc(Cl)nc(CC2CCOC2)n1. The smallest absolute Gasteiger partial charge is 0.133 e. The van der Waals surface area contributed by atoms with E-state index in [1.165, 1.54) is 0 Å². The molecule has 1 aliphatic rings. The van der Waals surface area contributed by atoms with Crippen molar-refractivity contribution in [3.05, 3.63) is 22.7 Å². The zero-order chi connectivity index (χ0) is 12.3. The van der Waals surface area contributed by atoms with E-state index in [2.05, 4.69) is 23.8 Å². The van der Waals surface area contributed by atoms with Crippen molar-refractivity contribution in [2.75, 3.05) is 13.2 Å². The number of aromatic nitrogens is 2. The topological polar surface area (TPSA) is 35.0 Å². The van der Waals surface area contributed by atoms with E-state index in [-0.39, 0.29) is 0 Å². The monoisotopic (exact) mass is 254 g/mol. The Morgan fingerprint density at radius 3 is 2.94 bits per heavy atom. The second kappa shape index (κ2) is 5.78. The first-order valence-corrected chi connectivity index (χ1v) is 6.61. The van der Waals surface area contributed by atoms with Crippen LogP contribution in [0.5, 0.6) is 0 Å². The summed E-state index contributed by atoms with van der Waals surface area (Å²) in [6.45, 7) is 6.06. The first-order chi connectivity index (χ1) is 8.13. The summed E-state index contributed by atoms with van der Waals surface area (Å²) in [6, 6.07) is 1.87. The molecule has 94 valence electrons. The van der Waals surface area contributed by atoms with E-state index in [4.69, 9.17) is 16.3 Å². The summed E-state index contributed by atoms with van der Waals surface area (Å²) in [5.41, 5.74) is 1.05. The predicted octanol–water partition coefficient (Wildman–Crippen LogP) is 2.91. The van der Waals surface area contributed by atoms with Crippen molar-refractivity contribution in [2.24, 2.45) is 11.8 Å². The molecule has 1 fully saturated rings. The fourth-order valence-electron chi connectivity index (χ4n) is 2.13. The van der Waals surface area contributed by atoms with Crippen LogP contribution in [0.1, 0.15) is 31.8 Å². The fraction of sp³-hybridized carbons (Fsp3) is 0.692. The van der Waals surface area contributed by atoms with Gasteiger partial charge in [-0.1, -0.05) is 25.4 Å². The van der Waals surface area contributed by atoms with Gasteiger partial charge < -0.3 is 4.74 Å². The highest BCUT2D eigenvalue weighted by Crippen LogP contribution is 2.18. The van der Waals surface area contributed by atoms with Crippen molar-refractivity contribution in [1.82, 2.24) is 9.97 Å². The lowest BCUT2D eigenvalue weighted by Gasteiger charge is -2.09. The van der Waals surface area contributed by atoms with E-state index in [1.807, 2.05) is 6.07 Å². The molecule has 0 spiro atoms. The molecule has 0 amide bonds. The molecule has 1 saturated heterocycles. The number of ether oxygens (including phenoxy) is 1. The lowest BCUT2D eigenvalue weighted by molar-refractivity contribution is 0.185. The molecule has 0 aliphatic carbocycles. The van der Waals surface area contributed by atoms with Crippen molar-refractivity contribution in [3.63, 3.8) is 0 Å². The standard InChI is InChI=1S/C13H19ClN2O/c1-9(2)5-11-7-12(14)16-13(15-11)6-10-3-4-17-8-10/h7,9-10H,3-6,8H2,1-2H3. The van der Waals surface area contributed by atoms with Gasteiger partial charge in [0.1, 0.15) is 11.0 Å². The first kappa shape index (κ1) is 12.8. The minimum Gasteiger partial charge on any atom is -0.381 e. The maximum Gasteiger partial charge on any atom is 0.133 e. The highest BCUT2D eigenvalue weighted by molar-refractivity contribution is 6.29. The predicted molar refractivity (Wildman–Crippen MR) is 68.2 cm³/mol. The molecule has 0 aromatic carbocycles. The van der Waals surface area contributed by atoms with Crippen molar-refractivity contribution in [3.8, 4) is 0 Å². The third-order valence-corrected chi connectivity index (χ3v) is 3.10. The van der Waals surface area contributed by atoms with Crippen LogP contribution in [0.15, 0.2) is 6.07 Å². The van der Waals surface area contributed by atoms with E-state index < -0.39 is 0 Å². The van der Waals surface area contributed by atoms with Gasteiger partial charge in [0.15, 0.2) is 0 Å². The molecule has 0 saturated carbocycles. The first-order valence-electron chi connectivity index (χ1n) is 6.23. The van der Waals surface area contributed by atoms with Crippen LogP contribution in [0.2, 0.25) is 5.15 Å². The van der Waals surface area contributed by atoms with Crippen LogP contribution in [-0.4, -0.2) is 23.2 Å². The van der Waals surface area contributed by atoms with Crippen LogP contribution in [0, 0.1) is 11.8 Å². The molecule has 0 N–H and O–H groups in total. The number of halogens is 1. The van der Waals surface area contributed by atoms with Crippen LogP contribution in [0.3, 0.4) is 0 Å². The third kappa shape index (κ3) is 3.93. The lowest BCUT2D eigenvalue weighted by Crippen LogP contribution is -2.09. The largest absolute Gasteiger partial charge is 0.381 e. The molecule has 0 radical (unpaired) electrons. The molecule has 2 rings (SSSR count). The summed E-state index contributed by atoms with van der Waals surface area (Å²) in [7, 11) is 0. The van der Waals surface area contributed by atoms with Gasteiger partial charge in [-0.2, -0.15) is 0 Å². The van der Waals surface area contributed by atoms with Gasteiger partial charge in [0, 0.05) is 25.3 Å². The van der Waals surface area contributed by atoms with Gasteiger partial charge in [0.05, 0.1) is 0 Å². The van der Waals surface area contributed by atoms with Gasteiger partial charge >= 0.3 is 0 Å². The zero-order valence-corrected chi connectivity index (χ0v) is 11.2. The minimum absolute atomic E-state index is 0.556. The van der Waals surface area contributed by atoms with Crippen LogP contribution in [0.4, 0.5) is 0 Å². The summed E-state index contributed by atoms with van der Waals surface area (Å²) in [4.78, 5) is 8.89. The van der Waals surface area contributed by atoms with Gasteiger partial charge in [-0.05, 0) is 30.7 Å². The van der Waals surface area contributed by atoms with Crippen LogP contribution < -0.4 is 0 Å². The third-order valence-electron chi connectivity index (χ3n) is 2.91. The van der Waals surface area contributed by atoms with Crippen molar-refractivity contribution < 1.29 is 4.74 Å². The van der Waals surface area contributed by atoms with Gasteiger partial charge in [0.2, 0.25) is 0 Å². The Labute approximate surface area is 108 Å². The summed E-state index contributed by atoms with van der Waals surface area (Å²) >= 11 is 6.04. The normalized spacial score (nSPS) is 20.1. The molecule has 3 nitrogen and oxygen atoms in total. The molecule has 1 aromatic heterocycles. The van der Waals surface area contributed by atoms with Crippen molar-refractivity contribution in [2.45, 2.75) is 33.1 Å². The quantitative estimate of drug-likeness (QED) is 0.775. The molecule has 1 unspecified atom stereocenters. The molecule has 1 atom stereocenters. The molecule has 4 heteroatoms. The minimum atomic E-state index is 0.556. The van der Waals surface area contributed by atoms with Crippen molar-refractivity contribution >= 4 is 11.6 Å². The van der Waals surface area contributed by atoms with E-state index >= 15 is 0 Å². The molecule has 2 heterocycles. The molecule has 0 bridgehead atoms. The Morgan fingerprint density at radius 1 is 1.47 bits per heavy atom. The summed E-state index contributed by atoms with van der Waals surface area (Å²) in [6.07, 6.45) is 2.94. The second-order valence-corrected chi connectivity index (χ2v) is 5.52. The summed E-state index contributed by atoms with van der Waals surface area (Å²) < 4.78 is 5.37. The van der Waals surface area contributed by atoms with Gasteiger partial charge in [0.25, 0.3) is 0 Å². The van der Waals surface area contributed by atoms with Gasteiger partial charge in [-0.3, -0.25) is 0 Å². The Kier molecular flexibility index (Phi) is 4.35. The average molecular weight is 255 g/mol. The van der Waals surface area contributed by atoms with E-state index in [1.54, 1.807) is 0 Å². The summed E-state index contributed by atoms with van der Waals surface area (Å²) in [5.74, 6) is 2.01. The maximum atomic E-state index is 6.04. The molecule has 1 aliphatic heterocycles. The zero-order valence-electron chi connectivity index (χ0n) is 10.4. The van der Waals surface area contributed by atoms with E-state index in [0.29, 0.717) is 17.0 Å². The van der Waals surface area contributed by atoms with Crippen molar-refractivity contribution in [1.29, 1.82) is 0 Å². The highest BCUT2D eigenvalue weighted by Gasteiger charge is 2.18. The molecular formula is C13H19ClN2O. The Balaban J connectivity index is 2.07. The van der Waals surface area contributed by atoms with Crippen LogP contribution >= 0.6 is 11.6 Å². The summed E-state index contributed by atoms with van der Waals surface area (Å²) in [5, 5.41) is 0.560. The second-order valence-electron chi connectivity index (χ2n) is 5.13. The van der Waals surface area contributed by atoms with Crippen LogP contribution in [0.25, 0.3) is 0 Å². The van der Waals surface area contributed by atoms with E-state index in [0.717, 1.165) is 44.0 Å². The lowest BCUT2D eigenvalue weighted by atomic mass is 10.0. The molecule has 17 heavy (non-hydrogen) atoms. The van der Waals surface area contributed by atoms with E-state index in [9.17, 15) is 0 Å². The number of nitrogens with zero attached hydrogens (tertiary/aromatic N) is 2. The molecule has 1 aromatic rings. The highest BCUT2D eigenvalue weighted by atomic mass is 35.5. The Hall–Kier alpha value is -0.670. The van der Waals surface area contributed by atoms with Crippen LogP contribution in [-0.2, 0) is 17.6 Å². The van der Waals surface area contributed by atoms with Gasteiger partial charge in [-0.15, -0.1) is 0 Å². The maximum absolute atomic E-state index is 6.04. The Morgan fingerprint density at radius 2 is 2.29 bits per heavy atom. The fourth-order valence-corrected chi connectivity index (χ4v) is 2.36.